The summed E-state index contributed by atoms with van der Waals surface area (Å²) in [6.07, 6.45) is 0. The van der Waals surface area contributed by atoms with Crippen molar-refractivity contribution in [3.05, 3.63) is 39.3 Å². The molecule has 0 aliphatic carbocycles. The van der Waals surface area contributed by atoms with E-state index in [1.165, 1.54) is 13.2 Å². The Morgan fingerprint density at radius 3 is 2.50 bits per heavy atom. The highest BCUT2D eigenvalue weighted by Crippen LogP contribution is 2.26. The summed E-state index contributed by atoms with van der Waals surface area (Å²) in [6.45, 7) is 6.86. The van der Waals surface area contributed by atoms with Crippen LogP contribution >= 0.6 is 0 Å². The first-order chi connectivity index (χ1) is 11.2. The maximum absolute atomic E-state index is 11.7. The lowest BCUT2D eigenvalue weighted by Gasteiger charge is -2.19. The summed E-state index contributed by atoms with van der Waals surface area (Å²) < 4.78 is 15.2. The zero-order chi connectivity index (χ0) is 18.3. The predicted molar refractivity (Wildman–Crippen MR) is 86.8 cm³/mol. The van der Waals surface area contributed by atoms with Gasteiger partial charge in [0.25, 0.3) is 0 Å². The van der Waals surface area contributed by atoms with Gasteiger partial charge in [0.2, 0.25) is 0 Å². The fourth-order valence-electron chi connectivity index (χ4n) is 1.91. The van der Waals surface area contributed by atoms with Gasteiger partial charge in [0.1, 0.15) is 12.2 Å². The van der Waals surface area contributed by atoms with Crippen molar-refractivity contribution in [2.45, 2.75) is 39.9 Å². The Bertz CT molecular complexity index is 673. The molecule has 130 valence electrons. The molecule has 0 N–H and O–H groups in total. The highest BCUT2D eigenvalue weighted by Gasteiger charge is 2.17. The van der Waals surface area contributed by atoms with Crippen molar-refractivity contribution in [1.82, 2.24) is 0 Å². The van der Waals surface area contributed by atoms with E-state index < -0.39 is 17.5 Å². The molecule has 0 aliphatic rings. The van der Waals surface area contributed by atoms with E-state index in [1.807, 2.05) is 0 Å². The van der Waals surface area contributed by atoms with Crippen LogP contribution in [0.3, 0.4) is 0 Å². The molecule has 0 spiro atoms. The van der Waals surface area contributed by atoms with Crippen LogP contribution < -0.4 is 0 Å². The second-order valence-electron chi connectivity index (χ2n) is 6.04. The Morgan fingerprint density at radius 2 is 1.96 bits per heavy atom. The molecule has 8 heteroatoms. The number of benzene rings is 1. The van der Waals surface area contributed by atoms with Crippen LogP contribution in [0.5, 0.6) is 0 Å². The molecule has 0 unspecified atom stereocenters. The van der Waals surface area contributed by atoms with Gasteiger partial charge in [-0.25, -0.2) is 9.59 Å². The fourth-order valence-corrected chi connectivity index (χ4v) is 1.91. The van der Waals surface area contributed by atoms with Crippen LogP contribution in [0, 0.1) is 6.92 Å². The van der Waals surface area contributed by atoms with Crippen molar-refractivity contribution < 1.29 is 23.8 Å². The minimum absolute atomic E-state index is 0.0594. The normalized spacial score (nSPS) is 10.7. The van der Waals surface area contributed by atoms with Gasteiger partial charge in [-0.1, -0.05) is 5.11 Å². The molecule has 24 heavy (non-hydrogen) atoms. The van der Waals surface area contributed by atoms with Crippen molar-refractivity contribution in [1.29, 1.82) is 0 Å². The summed E-state index contributed by atoms with van der Waals surface area (Å²) in [7, 11) is 1.26. The van der Waals surface area contributed by atoms with Crippen molar-refractivity contribution in [2.75, 3.05) is 13.7 Å². The fraction of sp³-hybridized carbons (Fsp3) is 0.500. The Labute approximate surface area is 140 Å². The van der Waals surface area contributed by atoms with E-state index in [2.05, 4.69) is 14.8 Å². The first-order valence-corrected chi connectivity index (χ1v) is 7.24. The van der Waals surface area contributed by atoms with E-state index in [4.69, 9.17) is 15.0 Å². The van der Waals surface area contributed by atoms with Crippen LogP contribution in [0.1, 0.15) is 42.3 Å². The number of carbonyl (C=O) groups is 2. The van der Waals surface area contributed by atoms with Gasteiger partial charge in [0, 0.05) is 10.6 Å². The largest absolute Gasteiger partial charge is 0.465 e. The molecule has 0 saturated heterocycles. The number of hydrogen-bond donors (Lipinski definition) is 0. The summed E-state index contributed by atoms with van der Waals surface area (Å²) in [5.41, 5.74) is 9.85. The van der Waals surface area contributed by atoms with Crippen LogP contribution in [-0.2, 0) is 25.6 Å². The number of nitrogens with zero attached hydrogens (tertiary/aromatic N) is 3. The summed E-state index contributed by atoms with van der Waals surface area (Å²) in [5, 5.41) is 3.56. The summed E-state index contributed by atoms with van der Waals surface area (Å²) in [5.74, 6) is -1.04. The molecule has 0 fully saturated rings. The first-order valence-electron chi connectivity index (χ1n) is 7.24. The maximum atomic E-state index is 11.7. The van der Waals surface area contributed by atoms with Crippen LogP contribution in [0.25, 0.3) is 10.4 Å². The zero-order valence-electron chi connectivity index (χ0n) is 14.5. The monoisotopic (exact) mass is 335 g/mol. The minimum Gasteiger partial charge on any atom is -0.465 e. The predicted octanol–water partition coefficient (Wildman–Crippen LogP) is 3.58. The lowest BCUT2D eigenvalue weighted by molar-refractivity contribution is -0.160. The van der Waals surface area contributed by atoms with Crippen molar-refractivity contribution in [3.63, 3.8) is 0 Å². The molecule has 0 amide bonds. The van der Waals surface area contributed by atoms with E-state index in [-0.39, 0.29) is 18.8 Å². The number of rotatable bonds is 6. The number of methoxy groups -OCH3 is 1. The third-order valence-electron chi connectivity index (χ3n) is 2.96. The molecule has 0 aromatic heterocycles. The molecule has 1 aromatic rings. The molecule has 0 radical (unpaired) electrons. The van der Waals surface area contributed by atoms with Crippen LogP contribution in [0.4, 0.5) is 5.69 Å². The number of carbonyl (C=O) groups excluding carboxylic acids is 2. The second-order valence-corrected chi connectivity index (χ2v) is 6.04. The molecule has 0 saturated carbocycles. The third kappa shape index (κ3) is 5.91. The number of ether oxygens (including phenoxy) is 3. The van der Waals surface area contributed by atoms with Gasteiger partial charge >= 0.3 is 11.9 Å². The van der Waals surface area contributed by atoms with E-state index in [1.54, 1.807) is 33.8 Å². The Hall–Kier alpha value is -2.57. The van der Waals surface area contributed by atoms with Crippen molar-refractivity contribution in [2.24, 2.45) is 5.11 Å². The average Bonchev–Trinajstić information content (AvgIpc) is 2.48. The number of azide groups is 1. The number of hydrogen-bond acceptors (Lipinski definition) is 6. The summed E-state index contributed by atoms with van der Waals surface area (Å²) >= 11 is 0. The summed E-state index contributed by atoms with van der Waals surface area (Å²) in [4.78, 5) is 26.1. The SMILES string of the molecule is COC(=O)c1cc(COCC(=O)OC(C)(C)C)c(C)c(N=[N+]=[N-])c1. The second kappa shape index (κ2) is 8.33. The van der Waals surface area contributed by atoms with Gasteiger partial charge in [0.15, 0.2) is 0 Å². The molecular weight excluding hydrogens is 314 g/mol. The summed E-state index contributed by atoms with van der Waals surface area (Å²) in [6, 6.07) is 3.02. The lowest BCUT2D eigenvalue weighted by Crippen LogP contribution is -2.26. The molecule has 0 atom stereocenters. The topological polar surface area (TPSA) is 111 Å². The quantitative estimate of drug-likeness (QED) is 0.341. The van der Waals surface area contributed by atoms with Gasteiger partial charge in [-0.2, -0.15) is 0 Å². The van der Waals surface area contributed by atoms with Crippen molar-refractivity contribution >= 4 is 17.6 Å². The zero-order valence-corrected chi connectivity index (χ0v) is 14.5. The number of esters is 2. The van der Waals surface area contributed by atoms with E-state index >= 15 is 0 Å². The Balaban J connectivity index is 2.90. The maximum Gasteiger partial charge on any atom is 0.337 e. The minimum atomic E-state index is -0.587. The Kier molecular flexibility index (Phi) is 6.76. The van der Waals surface area contributed by atoms with E-state index in [0.29, 0.717) is 16.8 Å². The third-order valence-corrected chi connectivity index (χ3v) is 2.96. The average molecular weight is 335 g/mol. The Morgan fingerprint density at radius 1 is 1.29 bits per heavy atom. The molecule has 0 heterocycles. The van der Waals surface area contributed by atoms with Crippen LogP contribution in [0.15, 0.2) is 17.2 Å². The smallest absolute Gasteiger partial charge is 0.337 e. The molecule has 1 aromatic carbocycles. The molecule has 0 aliphatic heterocycles. The van der Waals surface area contributed by atoms with Gasteiger partial charge in [-0.15, -0.1) is 0 Å². The molecule has 8 nitrogen and oxygen atoms in total. The van der Waals surface area contributed by atoms with Gasteiger partial charge in [-0.05, 0) is 56.5 Å². The lowest BCUT2D eigenvalue weighted by atomic mass is 10.0. The van der Waals surface area contributed by atoms with E-state index in [0.717, 1.165) is 0 Å². The van der Waals surface area contributed by atoms with Crippen LogP contribution in [-0.4, -0.2) is 31.3 Å². The standard InChI is InChI=1S/C16H21N3O5/c1-10-12(8-23-9-14(20)24-16(2,3)4)6-11(15(21)22-5)7-13(10)18-19-17/h6-7H,8-9H2,1-5H3. The molecule has 0 bridgehead atoms. The first kappa shape index (κ1) is 19.5. The highest BCUT2D eigenvalue weighted by molar-refractivity contribution is 5.91. The van der Waals surface area contributed by atoms with E-state index in [9.17, 15) is 9.59 Å². The molecule has 1 rings (SSSR count). The van der Waals surface area contributed by atoms with Crippen molar-refractivity contribution in [3.8, 4) is 0 Å². The van der Waals surface area contributed by atoms with Crippen LogP contribution in [0.2, 0.25) is 0 Å². The van der Waals surface area contributed by atoms with Gasteiger partial charge < -0.3 is 14.2 Å². The van der Waals surface area contributed by atoms with Gasteiger partial charge in [-0.3, -0.25) is 0 Å². The molecular formula is C16H21N3O5. The highest BCUT2D eigenvalue weighted by atomic mass is 16.6. The van der Waals surface area contributed by atoms with Gasteiger partial charge in [0.05, 0.1) is 19.3 Å².